The molecule has 3 rings (SSSR count). The highest BCUT2D eigenvalue weighted by molar-refractivity contribution is 6.42. The number of allylic oxidation sites excluding steroid dienone is 1. The Morgan fingerprint density at radius 1 is 1.10 bits per heavy atom. The maximum absolute atomic E-state index is 13.3. The first-order chi connectivity index (χ1) is 14.4. The lowest BCUT2D eigenvalue weighted by atomic mass is 10.0. The lowest BCUT2D eigenvalue weighted by Crippen LogP contribution is -2.24. The van der Waals surface area contributed by atoms with Crippen LogP contribution in [0.3, 0.4) is 0 Å². The molecule has 1 aliphatic rings. The third-order valence-electron chi connectivity index (χ3n) is 5.06. The number of hydrogen-bond donors (Lipinski definition) is 0. The molecule has 0 fully saturated rings. The standard InChI is InChI=1S/C24H23Cl2NO3/c1-4-5-6-16-7-10-18(11-8-16)27-15(2)22(24(29)30-3)19(23(27)28)13-17-9-12-20(25)21(26)14-17/h7-14H,4-6H2,1-3H3. The molecule has 4 nitrogen and oxygen atoms in total. The van der Waals surface area contributed by atoms with E-state index in [1.807, 2.05) is 24.3 Å². The zero-order valence-corrected chi connectivity index (χ0v) is 18.7. The van der Waals surface area contributed by atoms with E-state index in [4.69, 9.17) is 27.9 Å². The maximum atomic E-state index is 13.3. The molecule has 30 heavy (non-hydrogen) atoms. The van der Waals surface area contributed by atoms with Crippen molar-refractivity contribution in [1.29, 1.82) is 0 Å². The maximum Gasteiger partial charge on any atom is 0.340 e. The van der Waals surface area contributed by atoms with Crippen LogP contribution in [0.25, 0.3) is 6.08 Å². The van der Waals surface area contributed by atoms with Gasteiger partial charge in [0.25, 0.3) is 5.91 Å². The zero-order chi connectivity index (χ0) is 21.8. The molecule has 0 radical (unpaired) electrons. The fourth-order valence-corrected chi connectivity index (χ4v) is 3.76. The predicted molar refractivity (Wildman–Crippen MR) is 122 cm³/mol. The lowest BCUT2D eigenvalue weighted by molar-refractivity contribution is -0.136. The Bertz CT molecular complexity index is 1040. The molecule has 0 saturated carbocycles. The van der Waals surface area contributed by atoms with Crippen molar-refractivity contribution >= 4 is 46.8 Å². The summed E-state index contributed by atoms with van der Waals surface area (Å²) in [5, 5.41) is 0.789. The number of benzene rings is 2. The van der Waals surface area contributed by atoms with E-state index in [1.54, 1.807) is 36.1 Å². The number of carbonyl (C=O) groups excluding carboxylic acids is 2. The van der Waals surface area contributed by atoms with Crippen molar-refractivity contribution in [3.63, 3.8) is 0 Å². The van der Waals surface area contributed by atoms with E-state index in [0.29, 0.717) is 27.0 Å². The largest absolute Gasteiger partial charge is 0.465 e. The van der Waals surface area contributed by atoms with Gasteiger partial charge >= 0.3 is 5.97 Å². The minimum Gasteiger partial charge on any atom is -0.465 e. The molecule has 2 aromatic carbocycles. The summed E-state index contributed by atoms with van der Waals surface area (Å²) in [5.41, 5.74) is 3.61. The van der Waals surface area contributed by atoms with Crippen molar-refractivity contribution in [2.24, 2.45) is 0 Å². The summed E-state index contributed by atoms with van der Waals surface area (Å²) in [6.45, 7) is 3.90. The summed E-state index contributed by atoms with van der Waals surface area (Å²) >= 11 is 12.1. The number of unbranched alkanes of at least 4 members (excludes halogenated alkanes) is 1. The first-order valence-electron chi connectivity index (χ1n) is 9.77. The molecular weight excluding hydrogens is 421 g/mol. The van der Waals surface area contributed by atoms with Crippen LogP contribution in [0.1, 0.15) is 37.8 Å². The van der Waals surface area contributed by atoms with Gasteiger partial charge in [-0.25, -0.2) is 4.79 Å². The average Bonchev–Trinajstić information content (AvgIpc) is 2.98. The molecule has 0 aliphatic carbocycles. The van der Waals surface area contributed by atoms with Crippen LogP contribution in [0.5, 0.6) is 0 Å². The van der Waals surface area contributed by atoms with Gasteiger partial charge in [-0.05, 0) is 61.2 Å². The van der Waals surface area contributed by atoms with Gasteiger partial charge in [-0.2, -0.15) is 0 Å². The topological polar surface area (TPSA) is 46.6 Å². The number of esters is 1. The number of ether oxygens (including phenoxy) is 1. The highest BCUT2D eigenvalue weighted by Crippen LogP contribution is 2.36. The van der Waals surface area contributed by atoms with Crippen LogP contribution in [0, 0.1) is 0 Å². The molecule has 0 saturated heterocycles. The molecule has 0 spiro atoms. The molecule has 1 amide bonds. The van der Waals surface area contributed by atoms with Crippen LogP contribution < -0.4 is 4.90 Å². The predicted octanol–water partition coefficient (Wildman–Crippen LogP) is 6.21. The van der Waals surface area contributed by atoms with E-state index in [1.165, 1.54) is 12.7 Å². The van der Waals surface area contributed by atoms with Gasteiger partial charge in [0.2, 0.25) is 0 Å². The average molecular weight is 444 g/mol. The number of methoxy groups -OCH3 is 1. The van der Waals surface area contributed by atoms with Crippen LogP contribution in [-0.4, -0.2) is 19.0 Å². The Morgan fingerprint density at radius 2 is 1.80 bits per heavy atom. The SMILES string of the molecule is CCCCc1ccc(N2C(=O)C(=Cc3ccc(Cl)c(Cl)c3)C(C(=O)OC)=C2C)cc1. The van der Waals surface area contributed by atoms with Crippen LogP contribution in [0.4, 0.5) is 5.69 Å². The lowest BCUT2D eigenvalue weighted by Gasteiger charge is -2.18. The molecule has 6 heteroatoms. The first kappa shape index (κ1) is 22.1. The van der Waals surface area contributed by atoms with Gasteiger partial charge in [0.05, 0.1) is 28.3 Å². The van der Waals surface area contributed by atoms with Crippen molar-refractivity contribution < 1.29 is 14.3 Å². The Kier molecular flexibility index (Phi) is 7.01. The van der Waals surface area contributed by atoms with Crippen molar-refractivity contribution in [3.8, 4) is 0 Å². The number of hydrogen-bond acceptors (Lipinski definition) is 3. The number of anilines is 1. The fraction of sp³-hybridized carbons (Fsp3) is 0.250. The van der Waals surface area contributed by atoms with Crippen molar-refractivity contribution in [3.05, 3.63) is 80.5 Å². The normalized spacial score (nSPS) is 15.3. The van der Waals surface area contributed by atoms with E-state index in [-0.39, 0.29) is 17.1 Å². The molecule has 2 aromatic rings. The molecular formula is C24H23Cl2NO3. The second-order valence-electron chi connectivity index (χ2n) is 7.09. The minimum atomic E-state index is -0.561. The summed E-state index contributed by atoms with van der Waals surface area (Å²) in [6.07, 6.45) is 4.87. The molecule has 0 atom stereocenters. The third kappa shape index (κ3) is 4.45. The fourth-order valence-electron chi connectivity index (χ4n) is 3.45. The van der Waals surface area contributed by atoms with Gasteiger partial charge in [-0.15, -0.1) is 0 Å². The van der Waals surface area contributed by atoms with E-state index in [9.17, 15) is 9.59 Å². The van der Waals surface area contributed by atoms with Crippen molar-refractivity contribution in [2.75, 3.05) is 12.0 Å². The van der Waals surface area contributed by atoms with Gasteiger partial charge in [0.1, 0.15) is 0 Å². The van der Waals surface area contributed by atoms with E-state index in [0.717, 1.165) is 19.3 Å². The molecule has 0 bridgehead atoms. The number of halogens is 2. The van der Waals surface area contributed by atoms with E-state index in [2.05, 4.69) is 6.92 Å². The van der Waals surface area contributed by atoms with Gasteiger partial charge < -0.3 is 4.74 Å². The summed E-state index contributed by atoms with van der Waals surface area (Å²) < 4.78 is 4.95. The van der Waals surface area contributed by atoms with Gasteiger partial charge in [-0.3, -0.25) is 9.69 Å². The van der Waals surface area contributed by atoms with Crippen LogP contribution >= 0.6 is 23.2 Å². The number of rotatable bonds is 6. The number of amides is 1. The van der Waals surface area contributed by atoms with Crippen LogP contribution in [-0.2, 0) is 20.7 Å². The second-order valence-corrected chi connectivity index (χ2v) is 7.91. The quantitative estimate of drug-likeness (QED) is 0.393. The zero-order valence-electron chi connectivity index (χ0n) is 17.2. The Morgan fingerprint density at radius 3 is 2.40 bits per heavy atom. The van der Waals surface area contributed by atoms with Crippen LogP contribution in [0.15, 0.2) is 59.3 Å². The molecule has 0 unspecified atom stereocenters. The van der Waals surface area contributed by atoms with Gasteiger partial charge in [-0.1, -0.05) is 54.7 Å². The monoisotopic (exact) mass is 443 g/mol. The number of aryl methyl sites for hydroxylation is 1. The molecule has 0 aromatic heterocycles. The number of nitrogens with zero attached hydrogens (tertiary/aromatic N) is 1. The Balaban J connectivity index is 2.03. The molecule has 1 heterocycles. The van der Waals surface area contributed by atoms with Crippen molar-refractivity contribution in [1.82, 2.24) is 0 Å². The smallest absolute Gasteiger partial charge is 0.340 e. The minimum absolute atomic E-state index is 0.239. The summed E-state index contributed by atoms with van der Waals surface area (Å²) in [6, 6.07) is 12.9. The van der Waals surface area contributed by atoms with Crippen LogP contribution in [0.2, 0.25) is 10.0 Å². The first-order valence-corrected chi connectivity index (χ1v) is 10.5. The Hall–Kier alpha value is -2.56. The van der Waals surface area contributed by atoms with E-state index >= 15 is 0 Å². The second kappa shape index (κ2) is 9.50. The Labute approximate surface area is 186 Å². The molecule has 1 aliphatic heterocycles. The van der Waals surface area contributed by atoms with Gasteiger partial charge in [0, 0.05) is 11.4 Å². The van der Waals surface area contributed by atoms with Gasteiger partial charge in [0.15, 0.2) is 0 Å². The van der Waals surface area contributed by atoms with E-state index < -0.39 is 5.97 Å². The highest BCUT2D eigenvalue weighted by atomic mass is 35.5. The summed E-state index contributed by atoms with van der Waals surface area (Å²) in [4.78, 5) is 27.3. The summed E-state index contributed by atoms with van der Waals surface area (Å²) in [7, 11) is 1.30. The molecule has 0 N–H and O–H groups in total. The molecule has 156 valence electrons. The summed E-state index contributed by atoms with van der Waals surface area (Å²) in [5.74, 6) is -0.852. The highest BCUT2D eigenvalue weighted by Gasteiger charge is 2.37. The van der Waals surface area contributed by atoms with Crippen molar-refractivity contribution in [2.45, 2.75) is 33.1 Å². The third-order valence-corrected chi connectivity index (χ3v) is 5.80. The number of carbonyl (C=O) groups is 2.